The SMILES string of the molecule is CCOC(=O)C(Cn1ccnc1CC)NC(C)C. The summed E-state index contributed by atoms with van der Waals surface area (Å²) in [4.78, 5) is 16.1. The second kappa shape index (κ2) is 7.16. The number of hydrogen-bond acceptors (Lipinski definition) is 4. The van der Waals surface area contributed by atoms with E-state index in [1.165, 1.54) is 0 Å². The van der Waals surface area contributed by atoms with Gasteiger partial charge in [-0.1, -0.05) is 20.8 Å². The normalized spacial score (nSPS) is 12.7. The molecular formula is C13H23N3O2. The van der Waals surface area contributed by atoms with E-state index in [-0.39, 0.29) is 18.1 Å². The smallest absolute Gasteiger partial charge is 0.324 e. The standard InChI is InChI=1S/C13H23N3O2/c1-5-12-14-7-8-16(12)9-11(15-10(3)4)13(17)18-6-2/h7-8,10-11,15H,5-6,9H2,1-4H3. The molecule has 0 aromatic carbocycles. The van der Waals surface area contributed by atoms with Gasteiger partial charge in [0.05, 0.1) is 6.61 Å². The van der Waals surface area contributed by atoms with Crippen molar-refractivity contribution in [1.82, 2.24) is 14.9 Å². The third-order valence-corrected chi connectivity index (χ3v) is 2.60. The Hall–Kier alpha value is -1.36. The molecule has 5 heteroatoms. The molecular weight excluding hydrogens is 230 g/mol. The number of rotatable bonds is 7. The molecule has 102 valence electrons. The molecule has 1 atom stereocenters. The first-order valence-electron chi connectivity index (χ1n) is 6.51. The summed E-state index contributed by atoms with van der Waals surface area (Å²) in [5.74, 6) is 0.775. The minimum atomic E-state index is -0.329. The molecule has 18 heavy (non-hydrogen) atoms. The third kappa shape index (κ3) is 4.14. The number of aromatic nitrogens is 2. The molecule has 1 aromatic heterocycles. The Balaban J connectivity index is 2.74. The highest BCUT2D eigenvalue weighted by molar-refractivity contribution is 5.75. The lowest BCUT2D eigenvalue weighted by Gasteiger charge is -2.20. The summed E-state index contributed by atoms with van der Waals surface area (Å²) in [6, 6.07) is -0.0996. The summed E-state index contributed by atoms with van der Waals surface area (Å²) in [6.07, 6.45) is 4.51. The van der Waals surface area contributed by atoms with Crippen LogP contribution in [0.15, 0.2) is 12.4 Å². The predicted molar refractivity (Wildman–Crippen MR) is 70.3 cm³/mol. The van der Waals surface area contributed by atoms with Crippen LogP contribution in [0.5, 0.6) is 0 Å². The van der Waals surface area contributed by atoms with Gasteiger partial charge in [-0.2, -0.15) is 0 Å². The number of carbonyl (C=O) groups excluding carboxylic acids is 1. The highest BCUT2D eigenvalue weighted by atomic mass is 16.5. The van der Waals surface area contributed by atoms with Gasteiger partial charge in [0.2, 0.25) is 0 Å². The molecule has 1 N–H and O–H groups in total. The van der Waals surface area contributed by atoms with Gasteiger partial charge in [0.1, 0.15) is 11.9 Å². The van der Waals surface area contributed by atoms with E-state index in [2.05, 4.69) is 10.3 Å². The lowest BCUT2D eigenvalue weighted by atomic mass is 10.2. The average Bonchev–Trinajstić information content (AvgIpc) is 2.75. The molecule has 0 bridgehead atoms. The highest BCUT2D eigenvalue weighted by Gasteiger charge is 2.21. The van der Waals surface area contributed by atoms with Gasteiger partial charge in [0, 0.05) is 31.4 Å². The molecule has 0 fully saturated rings. The first kappa shape index (κ1) is 14.7. The van der Waals surface area contributed by atoms with Gasteiger partial charge in [-0.25, -0.2) is 4.98 Å². The molecule has 0 saturated carbocycles. The Kier molecular flexibility index (Phi) is 5.85. The highest BCUT2D eigenvalue weighted by Crippen LogP contribution is 2.03. The minimum Gasteiger partial charge on any atom is -0.465 e. The van der Waals surface area contributed by atoms with Gasteiger partial charge < -0.3 is 14.6 Å². The quantitative estimate of drug-likeness (QED) is 0.746. The molecule has 1 aromatic rings. The zero-order valence-electron chi connectivity index (χ0n) is 11.6. The minimum absolute atomic E-state index is 0.207. The summed E-state index contributed by atoms with van der Waals surface area (Å²) in [6.45, 7) is 8.86. The van der Waals surface area contributed by atoms with E-state index in [4.69, 9.17) is 4.74 Å². The Bertz CT molecular complexity index is 374. The van der Waals surface area contributed by atoms with E-state index < -0.39 is 0 Å². The lowest BCUT2D eigenvalue weighted by molar-refractivity contribution is -0.146. The van der Waals surface area contributed by atoms with Crippen LogP contribution in [0.3, 0.4) is 0 Å². The second-order valence-corrected chi connectivity index (χ2v) is 4.48. The number of nitrogens with zero attached hydrogens (tertiary/aromatic N) is 2. The van der Waals surface area contributed by atoms with Crippen molar-refractivity contribution in [2.45, 2.75) is 52.7 Å². The second-order valence-electron chi connectivity index (χ2n) is 4.48. The van der Waals surface area contributed by atoms with Crippen LogP contribution >= 0.6 is 0 Å². The number of esters is 1. The van der Waals surface area contributed by atoms with Crippen molar-refractivity contribution < 1.29 is 9.53 Å². The number of ether oxygens (including phenoxy) is 1. The molecule has 1 rings (SSSR count). The fourth-order valence-electron chi connectivity index (χ4n) is 1.86. The van der Waals surface area contributed by atoms with Crippen LogP contribution < -0.4 is 5.32 Å². The molecule has 0 aliphatic heterocycles. The van der Waals surface area contributed by atoms with E-state index >= 15 is 0 Å². The maximum atomic E-state index is 11.9. The largest absolute Gasteiger partial charge is 0.465 e. The monoisotopic (exact) mass is 253 g/mol. The van der Waals surface area contributed by atoms with Crippen LogP contribution in [-0.4, -0.2) is 34.2 Å². The number of nitrogens with one attached hydrogen (secondary N) is 1. The molecule has 0 aliphatic rings. The lowest BCUT2D eigenvalue weighted by Crippen LogP contribution is -2.44. The molecule has 0 spiro atoms. The van der Waals surface area contributed by atoms with Crippen LogP contribution in [0.25, 0.3) is 0 Å². The zero-order chi connectivity index (χ0) is 13.5. The van der Waals surface area contributed by atoms with Crippen LogP contribution in [0.4, 0.5) is 0 Å². The fraction of sp³-hybridized carbons (Fsp3) is 0.692. The van der Waals surface area contributed by atoms with Crippen LogP contribution in [0.1, 0.15) is 33.5 Å². The van der Waals surface area contributed by atoms with Crippen molar-refractivity contribution in [3.63, 3.8) is 0 Å². The van der Waals surface area contributed by atoms with Crippen molar-refractivity contribution in [1.29, 1.82) is 0 Å². The molecule has 0 aliphatic carbocycles. The van der Waals surface area contributed by atoms with E-state index in [9.17, 15) is 4.79 Å². The molecule has 0 amide bonds. The average molecular weight is 253 g/mol. The Morgan fingerprint density at radius 1 is 1.50 bits per heavy atom. The van der Waals surface area contributed by atoms with Gasteiger partial charge >= 0.3 is 5.97 Å². The summed E-state index contributed by atoms with van der Waals surface area (Å²) in [5.41, 5.74) is 0. The van der Waals surface area contributed by atoms with E-state index in [0.717, 1.165) is 12.2 Å². The first-order valence-corrected chi connectivity index (χ1v) is 6.51. The van der Waals surface area contributed by atoms with Crippen molar-refractivity contribution >= 4 is 5.97 Å². The van der Waals surface area contributed by atoms with Crippen LogP contribution in [0, 0.1) is 0 Å². The predicted octanol–water partition coefficient (Wildman–Crippen LogP) is 1.38. The summed E-state index contributed by atoms with van der Waals surface area (Å²) in [5, 5.41) is 3.23. The number of carbonyl (C=O) groups is 1. The fourth-order valence-corrected chi connectivity index (χ4v) is 1.86. The maximum absolute atomic E-state index is 11.9. The summed E-state index contributed by atoms with van der Waals surface area (Å²) in [7, 11) is 0. The maximum Gasteiger partial charge on any atom is 0.324 e. The van der Waals surface area contributed by atoms with Gasteiger partial charge in [0.15, 0.2) is 0 Å². The van der Waals surface area contributed by atoms with Gasteiger partial charge in [-0.3, -0.25) is 4.79 Å². The van der Waals surface area contributed by atoms with Crippen molar-refractivity contribution in [2.75, 3.05) is 6.61 Å². The molecule has 1 unspecified atom stereocenters. The first-order chi connectivity index (χ1) is 8.58. The van der Waals surface area contributed by atoms with Crippen molar-refractivity contribution in [3.8, 4) is 0 Å². The molecule has 0 radical (unpaired) electrons. The Labute approximate surface area is 109 Å². The summed E-state index contributed by atoms with van der Waals surface area (Å²) >= 11 is 0. The van der Waals surface area contributed by atoms with Crippen LogP contribution in [-0.2, 0) is 22.5 Å². The molecule has 0 saturated heterocycles. The third-order valence-electron chi connectivity index (χ3n) is 2.60. The van der Waals surface area contributed by atoms with Gasteiger partial charge in [0.25, 0.3) is 0 Å². The Morgan fingerprint density at radius 3 is 2.78 bits per heavy atom. The van der Waals surface area contributed by atoms with Crippen molar-refractivity contribution in [2.24, 2.45) is 0 Å². The van der Waals surface area contributed by atoms with Gasteiger partial charge in [-0.15, -0.1) is 0 Å². The summed E-state index contributed by atoms with van der Waals surface area (Å²) < 4.78 is 7.09. The Morgan fingerprint density at radius 2 is 2.22 bits per heavy atom. The number of aryl methyl sites for hydroxylation is 1. The molecule has 1 heterocycles. The van der Waals surface area contributed by atoms with E-state index in [0.29, 0.717) is 13.2 Å². The number of imidazole rings is 1. The van der Waals surface area contributed by atoms with E-state index in [1.807, 2.05) is 38.5 Å². The van der Waals surface area contributed by atoms with Crippen LogP contribution in [0.2, 0.25) is 0 Å². The van der Waals surface area contributed by atoms with E-state index in [1.54, 1.807) is 6.20 Å². The topological polar surface area (TPSA) is 56.2 Å². The number of hydrogen-bond donors (Lipinski definition) is 1. The van der Waals surface area contributed by atoms with Crippen molar-refractivity contribution in [3.05, 3.63) is 18.2 Å². The zero-order valence-corrected chi connectivity index (χ0v) is 11.6. The van der Waals surface area contributed by atoms with Gasteiger partial charge in [-0.05, 0) is 6.92 Å². The molecule has 5 nitrogen and oxygen atoms in total.